The number of nitrogens with one attached hydrogen (secondary N) is 1. The number of hydrogen-bond donors (Lipinski definition) is 1. The molecule has 1 aromatic rings. The maximum absolute atomic E-state index is 13.1. The van der Waals surface area contributed by atoms with Crippen LogP contribution in [0.1, 0.15) is 45.4 Å². The molecule has 0 aromatic carbocycles. The van der Waals surface area contributed by atoms with E-state index in [1.807, 2.05) is 18.0 Å². The molecule has 1 saturated heterocycles. The fourth-order valence-corrected chi connectivity index (χ4v) is 3.97. The highest BCUT2D eigenvalue weighted by Crippen LogP contribution is 2.40. The molecule has 3 heterocycles. The van der Waals surface area contributed by atoms with Gasteiger partial charge in [-0.2, -0.15) is 0 Å². The molecule has 132 valence electrons. The van der Waals surface area contributed by atoms with Crippen molar-refractivity contribution >= 4 is 11.6 Å². The molecular formula is C19H30N4O. The second-order valence-corrected chi connectivity index (χ2v) is 8.01. The van der Waals surface area contributed by atoms with Gasteiger partial charge in [0.2, 0.25) is 5.91 Å². The average Bonchev–Trinajstić information content (AvgIpc) is 2.78. The number of aryl methyl sites for hydroxylation is 1. The van der Waals surface area contributed by atoms with Crippen LogP contribution >= 0.6 is 0 Å². The summed E-state index contributed by atoms with van der Waals surface area (Å²) in [7, 11) is 0. The standard InChI is InChI=1S/C19H30N4O/c1-6-15-8-20-14(3)10-22(15)11-18(24)23-12-19(4,5)16-9-21-13(2)7-17(16)23/h7,9,14-15,20H,6,8,10-12H2,1-5H3/t14-,15+/m1/s1. The highest BCUT2D eigenvalue weighted by atomic mass is 16.2. The van der Waals surface area contributed by atoms with E-state index < -0.39 is 0 Å². The second kappa shape index (κ2) is 6.45. The third-order valence-electron chi connectivity index (χ3n) is 5.43. The minimum Gasteiger partial charge on any atom is -0.311 e. The molecule has 5 nitrogen and oxygen atoms in total. The van der Waals surface area contributed by atoms with Crippen LogP contribution in [-0.4, -0.2) is 54.1 Å². The number of rotatable bonds is 3. The molecule has 0 unspecified atom stereocenters. The van der Waals surface area contributed by atoms with Crippen molar-refractivity contribution in [1.82, 2.24) is 15.2 Å². The number of aromatic nitrogens is 1. The molecule has 2 aliphatic heterocycles. The Morgan fingerprint density at radius 3 is 2.92 bits per heavy atom. The summed E-state index contributed by atoms with van der Waals surface area (Å²) >= 11 is 0. The molecule has 1 amide bonds. The van der Waals surface area contributed by atoms with E-state index in [1.54, 1.807) is 0 Å². The zero-order valence-electron chi connectivity index (χ0n) is 15.6. The summed E-state index contributed by atoms with van der Waals surface area (Å²) in [6.07, 6.45) is 3.01. The van der Waals surface area contributed by atoms with E-state index in [0.717, 1.165) is 37.4 Å². The van der Waals surface area contributed by atoms with E-state index in [4.69, 9.17) is 0 Å². The molecule has 1 N–H and O–H groups in total. The number of pyridine rings is 1. The molecular weight excluding hydrogens is 300 g/mol. The van der Waals surface area contributed by atoms with E-state index in [-0.39, 0.29) is 11.3 Å². The van der Waals surface area contributed by atoms with Gasteiger partial charge in [-0.15, -0.1) is 0 Å². The first-order chi connectivity index (χ1) is 11.3. The highest BCUT2D eigenvalue weighted by Gasteiger charge is 2.39. The first-order valence-electron chi connectivity index (χ1n) is 9.06. The molecule has 0 spiro atoms. The van der Waals surface area contributed by atoms with Crippen LogP contribution in [0, 0.1) is 6.92 Å². The van der Waals surface area contributed by atoms with Crippen LogP contribution in [0.25, 0.3) is 0 Å². The lowest BCUT2D eigenvalue weighted by Gasteiger charge is -2.39. The Morgan fingerprint density at radius 1 is 1.46 bits per heavy atom. The monoisotopic (exact) mass is 330 g/mol. The van der Waals surface area contributed by atoms with E-state index >= 15 is 0 Å². The Labute approximate surface area is 145 Å². The van der Waals surface area contributed by atoms with Crippen molar-refractivity contribution in [2.75, 3.05) is 31.1 Å². The number of hydrogen-bond acceptors (Lipinski definition) is 4. The minimum absolute atomic E-state index is 0.0351. The summed E-state index contributed by atoms with van der Waals surface area (Å²) in [5.74, 6) is 0.208. The van der Waals surface area contributed by atoms with Gasteiger partial charge in [-0.3, -0.25) is 14.7 Å². The Morgan fingerprint density at radius 2 is 2.21 bits per heavy atom. The van der Waals surface area contributed by atoms with Gasteiger partial charge in [0.1, 0.15) is 0 Å². The van der Waals surface area contributed by atoms with Gasteiger partial charge in [0, 0.05) is 54.6 Å². The lowest BCUT2D eigenvalue weighted by Crippen LogP contribution is -2.57. The molecule has 2 aliphatic rings. The van der Waals surface area contributed by atoms with Crippen molar-refractivity contribution in [3.8, 4) is 0 Å². The lowest BCUT2D eigenvalue weighted by molar-refractivity contribution is -0.120. The maximum atomic E-state index is 13.1. The number of piperazine rings is 1. The number of anilines is 1. The fraction of sp³-hybridized carbons (Fsp3) is 0.684. The van der Waals surface area contributed by atoms with Crippen LogP contribution in [0.2, 0.25) is 0 Å². The summed E-state index contributed by atoms with van der Waals surface area (Å²) < 4.78 is 0. The van der Waals surface area contributed by atoms with Gasteiger partial charge in [-0.25, -0.2) is 0 Å². The summed E-state index contributed by atoms with van der Waals surface area (Å²) in [6.45, 7) is 13.9. The zero-order chi connectivity index (χ0) is 17.5. The van der Waals surface area contributed by atoms with Crippen molar-refractivity contribution in [2.24, 2.45) is 0 Å². The second-order valence-electron chi connectivity index (χ2n) is 8.01. The normalized spacial score (nSPS) is 26.5. The third-order valence-corrected chi connectivity index (χ3v) is 5.43. The predicted molar refractivity (Wildman–Crippen MR) is 97.5 cm³/mol. The van der Waals surface area contributed by atoms with Crippen LogP contribution in [-0.2, 0) is 10.2 Å². The van der Waals surface area contributed by atoms with Crippen LogP contribution in [0.3, 0.4) is 0 Å². The van der Waals surface area contributed by atoms with Gasteiger partial charge in [-0.05, 0) is 26.3 Å². The first kappa shape index (κ1) is 17.4. The largest absolute Gasteiger partial charge is 0.311 e. The van der Waals surface area contributed by atoms with Crippen LogP contribution < -0.4 is 10.2 Å². The number of amides is 1. The molecule has 0 aliphatic carbocycles. The Bertz CT molecular complexity index is 628. The summed E-state index contributed by atoms with van der Waals surface area (Å²) in [5, 5.41) is 3.52. The van der Waals surface area contributed by atoms with E-state index in [1.165, 1.54) is 5.56 Å². The molecule has 0 saturated carbocycles. The molecule has 2 atom stereocenters. The van der Waals surface area contributed by atoms with Crippen LogP contribution in [0.5, 0.6) is 0 Å². The number of carbonyl (C=O) groups excluding carboxylic acids is 1. The SMILES string of the molecule is CC[C@H]1CN[C@H](C)CN1CC(=O)N1CC(C)(C)c2cnc(C)cc21. The topological polar surface area (TPSA) is 48.5 Å². The fourth-order valence-electron chi connectivity index (χ4n) is 3.97. The Balaban J connectivity index is 1.80. The molecule has 1 fully saturated rings. The van der Waals surface area contributed by atoms with Gasteiger partial charge in [0.25, 0.3) is 0 Å². The Hall–Kier alpha value is -1.46. The molecule has 5 heteroatoms. The third kappa shape index (κ3) is 3.20. The molecule has 3 rings (SSSR count). The minimum atomic E-state index is -0.0351. The van der Waals surface area contributed by atoms with E-state index in [0.29, 0.717) is 18.6 Å². The van der Waals surface area contributed by atoms with Gasteiger partial charge in [-0.1, -0.05) is 20.8 Å². The van der Waals surface area contributed by atoms with Gasteiger partial charge >= 0.3 is 0 Å². The number of nitrogens with zero attached hydrogens (tertiary/aromatic N) is 3. The van der Waals surface area contributed by atoms with E-state index in [9.17, 15) is 4.79 Å². The van der Waals surface area contributed by atoms with Crippen LogP contribution in [0.15, 0.2) is 12.3 Å². The summed E-state index contributed by atoms with van der Waals surface area (Å²) in [6, 6.07) is 2.94. The number of carbonyl (C=O) groups is 1. The van der Waals surface area contributed by atoms with Crippen molar-refractivity contribution < 1.29 is 4.79 Å². The molecule has 1 aromatic heterocycles. The predicted octanol–water partition coefficient (Wildman–Crippen LogP) is 2.09. The van der Waals surface area contributed by atoms with Gasteiger partial charge in [0.05, 0.1) is 12.2 Å². The maximum Gasteiger partial charge on any atom is 0.241 e. The van der Waals surface area contributed by atoms with Crippen molar-refractivity contribution in [1.29, 1.82) is 0 Å². The summed E-state index contributed by atoms with van der Waals surface area (Å²) in [4.78, 5) is 21.8. The first-order valence-corrected chi connectivity index (χ1v) is 9.06. The Kier molecular flexibility index (Phi) is 4.67. The van der Waals surface area contributed by atoms with Crippen molar-refractivity contribution in [2.45, 2.75) is 58.5 Å². The van der Waals surface area contributed by atoms with Crippen LogP contribution in [0.4, 0.5) is 5.69 Å². The molecule has 0 bridgehead atoms. The van der Waals surface area contributed by atoms with Gasteiger partial charge in [0.15, 0.2) is 0 Å². The summed E-state index contributed by atoms with van der Waals surface area (Å²) in [5.41, 5.74) is 3.16. The van der Waals surface area contributed by atoms with Crippen molar-refractivity contribution in [3.63, 3.8) is 0 Å². The quantitative estimate of drug-likeness (QED) is 0.922. The smallest absolute Gasteiger partial charge is 0.241 e. The molecule has 24 heavy (non-hydrogen) atoms. The molecule has 0 radical (unpaired) electrons. The van der Waals surface area contributed by atoms with E-state index in [2.05, 4.69) is 49.0 Å². The van der Waals surface area contributed by atoms with Crippen molar-refractivity contribution in [3.05, 3.63) is 23.5 Å². The highest BCUT2D eigenvalue weighted by molar-refractivity contribution is 5.97. The average molecular weight is 330 g/mol. The lowest BCUT2D eigenvalue weighted by atomic mass is 9.88. The number of fused-ring (bicyclic) bond motifs is 1. The zero-order valence-corrected chi connectivity index (χ0v) is 15.6. The van der Waals surface area contributed by atoms with Gasteiger partial charge < -0.3 is 10.2 Å².